The van der Waals surface area contributed by atoms with Crippen LogP contribution in [0.25, 0.3) is 0 Å². The summed E-state index contributed by atoms with van der Waals surface area (Å²) in [5.41, 5.74) is 2.22. The number of aromatic nitrogens is 1. The predicted octanol–water partition coefficient (Wildman–Crippen LogP) is 2.04. The van der Waals surface area contributed by atoms with Crippen molar-refractivity contribution in [1.29, 1.82) is 0 Å². The molecule has 1 aliphatic rings. The molecule has 2 nitrogen and oxygen atoms in total. The Balaban J connectivity index is 2.38. The van der Waals surface area contributed by atoms with Gasteiger partial charge < -0.3 is 4.18 Å². The van der Waals surface area contributed by atoms with Crippen LogP contribution in [0.3, 0.4) is 0 Å². The largest absolute Gasteiger partial charge is 0.429 e. The molecule has 1 aliphatic carbocycles. The minimum atomic E-state index is 0.314. The molecule has 0 N–H and O–H groups in total. The van der Waals surface area contributed by atoms with Gasteiger partial charge in [-0.05, 0) is 19.3 Å². The number of rotatable bonds is 1. The van der Waals surface area contributed by atoms with Crippen molar-refractivity contribution in [3.05, 3.63) is 23.5 Å². The van der Waals surface area contributed by atoms with E-state index in [1.165, 1.54) is 0 Å². The van der Waals surface area contributed by atoms with Crippen LogP contribution >= 0.6 is 12.9 Å². The molecule has 0 saturated carbocycles. The first-order valence-electron chi connectivity index (χ1n) is 4.59. The zero-order chi connectivity index (χ0) is 9.97. The van der Waals surface area contributed by atoms with E-state index in [1.54, 1.807) is 6.20 Å². The summed E-state index contributed by atoms with van der Waals surface area (Å²) in [7, 11) is 0. The monoisotopic (exact) mass is 205 g/mol. The average Bonchev–Trinajstić information content (AvgIpc) is 2.27. The lowest BCUT2D eigenvalue weighted by Crippen LogP contribution is -2.14. The minimum Gasteiger partial charge on any atom is -0.429 e. The smallest absolute Gasteiger partial charge is 0.143 e. The van der Waals surface area contributed by atoms with Gasteiger partial charge in [-0.25, -0.2) is 0 Å². The van der Waals surface area contributed by atoms with Crippen LogP contribution < -0.4 is 4.18 Å². The third-order valence-electron chi connectivity index (χ3n) is 2.62. The molecule has 1 aromatic rings. The van der Waals surface area contributed by atoms with E-state index < -0.39 is 0 Å². The second-order valence-corrected chi connectivity index (χ2v) is 3.61. The maximum Gasteiger partial charge on any atom is 0.143 e. The molecule has 14 heavy (non-hydrogen) atoms. The van der Waals surface area contributed by atoms with E-state index >= 15 is 0 Å². The Hall–Kier alpha value is -1.14. The predicted molar refractivity (Wildman–Crippen MR) is 58.2 cm³/mol. The minimum absolute atomic E-state index is 0.314. The lowest BCUT2D eigenvalue weighted by atomic mass is 9.87. The van der Waals surface area contributed by atoms with Crippen LogP contribution in [-0.4, -0.2) is 4.98 Å². The Morgan fingerprint density at radius 1 is 1.64 bits per heavy atom. The third kappa shape index (κ3) is 1.58. The highest BCUT2D eigenvalue weighted by molar-refractivity contribution is 7.75. The van der Waals surface area contributed by atoms with E-state index in [4.69, 9.17) is 10.6 Å². The molecule has 0 fully saturated rings. The molecule has 1 heterocycles. The van der Waals surface area contributed by atoms with Crippen LogP contribution in [0, 0.1) is 18.3 Å². The molecule has 1 atom stereocenters. The Labute approximate surface area is 89.3 Å². The van der Waals surface area contributed by atoms with Gasteiger partial charge in [0, 0.05) is 42.3 Å². The first-order chi connectivity index (χ1) is 6.85. The van der Waals surface area contributed by atoms with Gasteiger partial charge in [0.25, 0.3) is 0 Å². The Morgan fingerprint density at radius 3 is 3.21 bits per heavy atom. The molecule has 0 spiro atoms. The summed E-state index contributed by atoms with van der Waals surface area (Å²) < 4.78 is 4.99. The number of pyridine rings is 1. The normalized spacial score (nSPS) is 19.6. The third-order valence-corrected chi connectivity index (χ3v) is 2.81. The quantitative estimate of drug-likeness (QED) is 0.430. The number of thiol groups is 1. The fourth-order valence-corrected chi connectivity index (χ4v) is 2.01. The second-order valence-electron chi connectivity index (χ2n) is 3.43. The zero-order valence-electron chi connectivity index (χ0n) is 7.73. The van der Waals surface area contributed by atoms with Gasteiger partial charge in [-0.1, -0.05) is 0 Å². The maximum absolute atomic E-state index is 5.42. The summed E-state index contributed by atoms with van der Waals surface area (Å²) in [6, 6.07) is 1.82. The van der Waals surface area contributed by atoms with Gasteiger partial charge in [-0.15, -0.1) is 12.3 Å². The number of hydrogen-bond donors (Lipinski definition) is 1. The maximum atomic E-state index is 5.42. The highest BCUT2D eigenvalue weighted by atomic mass is 32.1. The number of fused-ring (bicyclic) bond motifs is 1. The molecule has 72 valence electrons. The van der Waals surface area contributed by atoms with Gasteiger partial charge in [-0.3, -0.25) is 4.98 Å². The lowest BCUT2D eigenvalue weighted by Gasteiger charge is -2.21. The van der Waals surface area contributed by atoms with Crippen molar-refractivity contribution >= 4 is 12.9 Å². The number of aryl methyl sites for hydroxylation is 1. The van der Waals surface area contributed by atoms with Crippen molar-refractivity contribution in [2.24, 2.45) is 5.92 Å². The van der Waals surface area contributed by atoms with Crippen LogP contribution in [-0.2, 0) is 12.8 Å². The molecular formula is C11H11NOS. The van der Waals surface area contributed by atoms with Crippen LogP contribution in [0.15, 0.2) is 12.3 Å². The Kier molecular flexibility index (Phi) is 2.64. The molecule has 2 rings (SSSR count). The van der Waals surface area contributed by atoms with Crippen LogP contribution in [0.2, 0.25) is 0 Å². The molecule has 0 aromatic carbocycles. The topological polar surface area (TPSA) is 22.1 Å². The van der Waals surface area contributed by atoms with Crippen molar-refractivity contribution < 1.29 is 4.18 Å². The first-order valence-corrected chi connectivity index (χ1v) is 4.96. The molecular weight excluding hydrogens is 194 g/mol. The van der Waals surface area contributed by atoms with Gasteiger partial charge >= 0.3 is 0 Å². The lowest BCUT2D eigenvalue weighted by molar-refractivity contribution is 0.537. The summed E-state index contributed by atoms with van der Waals surface area (Å²) in [6.45, 7) is 0. The second kappa shape index (κ2) is 3.93. The molecule has 1 unspecified atom stereocenters. The molecule has 0 radical (unpaired) electrons. The summed E-state index contributed by atoms with van der Waals surface area (Å²) in [4.78, 5) is 4.31. The SMILES string of the molecule is C#CC1CCc2nccc(OS)c2C1. The van der Waals surface area contributed by atoms with E-state index in [-0.39, 0.29) is 0 Å². The van der Waals surface area contributed by atoms with Crippen molar-refractivity contribution in [1.82, 2.24) is 4.98 Å². The zero-order valence-corrected chi connectivity index (χ0v) is 8.63. The van der Waals surface area contributed by atoms with E-state index in [2.05, 4.69) is 23.8 Å². The molecule has 3 heteroatoms. The van der Waals surface area contributed by atoms with Crippen molar-refractivity contribution in [3.8, 4) is 18.1 Å². The number of nitrogens with zero attached hydrogens (tertiary/aromatic N) is 1. The average molecular weight is 205 g/mol. The van der Waals surface area contributed by atoms with E-state index in [0.717, 1.165) is 36.3 Å². The molecule has 1 aromatic heterocycles. The van der Waals surface area contributed by atoms with Crippen LogP contribution in [0.5, 0.6) is 5.75 Å². The molecule has 0 bridgehead atoms. The summed E-state index contributed by atoms with van der Waals surface area (Å²) in [5.74, 6) is 3.89. The van der Waals surface area contributed by atoms with Gasteiger partial charge in [0.15, 0.2) is 0 Å². The van der Waals surface area contributed by atoms with E-state index in [1.807, 2.05) is 6.07 Å². The molecule has 0 saturated heterocycles. The van der Waals surface area contributed by atoms with Crippen LogP contribution in [0.4, 0.5) is 0 Å². The fourth-order valence-electron chi connectivity index (χ4n) is 1.84. The van der Waals surface area contributed by atoms with Crippen molar-refractivity contribution in [3.63, 3.8) is 0 Å². The highest BCUT2D eigenvalue weighted by Gasteiger charge is 2.20. The van der Waals surface area contributed by atoms with Gasteiger partial charge in [0.05, 0.1) is 0 Å². The Bertz CT molecular complexity index is 369. The van der Waals surface area contributed by atoms with Gasteiger partial charge in [0.2, 0.25) is 0 Å². The Morgan fingerprint density at radius 2 is 2.50 bits per heavy atom. The van der Waals surface area contributed by atoms with Gasteiger partial charge in [0.1, 0.15) is 5.75 Å². The summed E-state index contributed by atoms with van der Waals surface area (Å²) in [6.07, 6.45) is 9.99. The first kappa shape index (κ1) is 9.42. The van der Waals surface area contributed by atoms with Crippen molar-refractivity contribution in [2.75, 3.05) is 0 Å². The number of terminal acetylenes is 1. The molecule has 0 aliphatic heterocycles. The van der Waals surface area contributed by atoms with E-state index in [0.29, 0.717) is 5.92 Å². The summed E-state index contributed by atoms with van der Waals surface area (Å²) in [5, 5.41) is 0. The van der Waals surface area contributed by atoms with Gasteiger partial charge in [-0.2, -0.15) is 0 Å². The number of hydrogen-bond acceptors (Lipinski definition) is 3. The van der Waals surface area contributed by atoms with Crippen molar-refractivity contribution in [2.45, 2.75) is 19.3 Å². The highest BCUT2D eigenvalue weighted by Crippen LogP contribution is 2.30. The standard InChI is InChI=1S/C11H11NOS/c1-2-8-3-4-10-9(7-8)11(13-14)5-6-12-10/h1,5-6,8,14H,3-4,7H2. The van der Waals surface area contributed by atoms with Crippen LogP contribution in [0.1, 0.15) is 17.7 Å². The molecule has 0 amide bonds. The summed E-state index contributed by atoms with van der Waals surface area (Å²) >= 11 is 3.82. The fraction of sp³-hybridized carbons (Fsp3) is 0.364. The van der Waals surface area contributed by atoms with E-state index in [9.17, 15) is 0 Å².